The van der Waals surface area contributed by atoms with Gasteiger partial charge in [0.2, 0.25) is 0 Å². The quantitative estimate of drug-likeness (QED) is 0.374. The second-order valence-corrected chi connectivity index (χ2v) is 2.34. The second-order valence-electron chi connectivity index (χ2n) is 2.34. The van der Waals surface area contributed by atoms with Gasteiger partial charge in [-0.2, -0.15) is 0 Å². The minimum atomic E-state index is -0.878. The summed E-state index contributed by atoms with van der Waals surface area (Å²) in [4.78, 5) is 10.0. The van der Waals surface area contributed by atoms with Gasteiger partial charge in [0.05, 0.1) is 0 Å². The number of aliphatic carboxylic acids is 1. The van der Waals surface area contributed by atoms with Crippen LogP contribution in [0.5, 0.6) is 0 Å². The fraction of sp³-hybridized carbons (Fsp3) is 0.300. The van der Waals surface area contributed by atoms with Crippen LogP contribution in [0.4, 0.5) is 0 Å². The van der Waals surface area contributed by atoms with E-state index in [2.05, 4.69) is 6.58 Å². The van der Waals surface area contributed by atoms with Crippen LogP contribution in [0.3, 0.4) is 0 Å². The number of allylic oxidation sites excluding steroid dienone is 4. The maximum absolute atomic E-state index is 10.0. The Morgan fingerprint density at radius 3 is 2.58 bits per heavy atom. The third-order valence-corrected chi connectivity index (χ3v) is 1.27. The van der Waals surface area contributed by atoms with Gasteiger partial charge in [-0.1, -0.05) is 30.9 Å². The van der Waals surface area contributed by atoms with Crippen LogP contribution in [-0.2, 0) is 4.79 Å². The number of carboxylic acid groups (broad SMARTS) is 1. The first-order chi connectivity index (χ1) is 5.77. The van der Waals surface area contributed by atoms with E-state index in [0.29, 0.717) is 0 Å². The molecule has 0 amide bonds. The number of carboxylic acids is 1. The molecule has 0 bridgehead atoms. The van der Waals surface area contributed by atoms with Crippen LogP contribution < -0.4 is 0 Å². The van der Waals surface area contributed by atoms with E-state index in [-0.39, 0.29) is 0 Å². The van der Waals surface area contributed by atoms with E-state index in [1.165, 1.54) is 6.08 Å². The maximum Gasteiger partial charge on any atom is 0.327 e. The fourth-order valence-electron chi connectivity index (χ4n) is 0.730. The Hall–Kier alpha value is -1.31. The van der Waals surface area contributed by atoms with Gasteiger partial charge in [-0.15, -0.1) is 0 Å². The lowest BCUT2D eigenvalue weighted by atomic mass is 10.2. The molecule has 0 unspecified atom stereocenters. The van der Waals surface area contributed by atoms with Crippen molar-refractivity contribution in [3.8, 4) is 0 Å². The van der Waals surface area contributed by atoms with Crippen LogP contribution >= 0.6 is 0 Å². The summed E-state index contributed by atoms with van der Waals surface area (Å²) in [6, 6.07) is 0. The Morgan fingerprint density at radius 1 is 1.33 bits per heavy atom. The van der Waals surface area contributed by atoms with Gasteiger partial charge in [0.1, 0.15) is 0 Å². The molecule has 0 aliphatic rings. The van der Waals surface area contributed by atoms with E-state index in [4.69, 9.17) is 5.11 Å². The molecule has 66 valence electrons. The number of hydrogen-bond acceptors (Lipinski definition) is 1. The summed E-state index contributed by atoms with van der Waals surface area (Å²) in [7, 11) is 0. The molecule has 0 heterocycles. The monoisotopic (exact) mass is 166 g/mol. The van der Waals surface area contributed by atoms with Gasteiger partial charge < -0.3 is 5.11 Å². The molecular weight excluding hydrogens is 152 g/mol. The van der Waals surface area contributed by atoms with Gasteiger partial charge in [0.15, 0.2) is 0 Å². The molecule has 1 N–H and O–H groups in total. The van der Waals surface area contributed by atoms with E-state index >= 15 is 0 Å². The molecular formula is C10H14O2. The van der Waals surface area contributed by atoms with Crippen molar-refractivity contribution in [2.75, 3.05) is 0 Å². The van der Waals surface area contributed by atoms with Gasteiger partial charge in [-0.05, 0) is 19.3 Å². The lowest BCUT2D eigenvalue weighted by Gasteiger charge is -1.87. The van der Waals surface area contributed by atoms with Crippen LogP contribution in [0.2, 0.25) is 0 Å². The average molecular weight is 166 g/mol. The Morgan fingerprint density at radius 2 is 2.00 bits per heavy atom. The minimum absolute atomic E-state index is 0.813. The van der Waals surface area contributed by atoms with Crippen LogP contribution in [-0.4, -0.2) is 11.1 Å². The number of hydrogen-bond donors (Lipinski definition) is 1. The number of carbonyl (C=O) groups is 1. The summed E-state index contributed by atoms with van der Waals surface area (Å²) in [5.74, 6) is -0.878. The van der Waals surface area contributed by atoms with Crippen molar-refractivity contribution in [3.63, 3.8) is 0 Å². The molecule has 0 radical (unpaired) electrons. The maximum atomic E-state index is 10.0. The van der Waals surface area contributed by atoms with Crippen molar-refractivity contribution >= 4 is 5.97 Å². The van der Waals surface area contributed by atoms with Crippen molar-refractivity contribution in [2.24, 2.45) is 0 Å². The van der Waals surface area contributed by atoms with Gasteiger partial charge in [0, 0.05) is 6.08 Å². The largest absolute Gasteiger partial charge is 0.478 e. The van der Waals surface area contributed by atoms with E-state index in [0.717, 1.165) is 19.3 Å². The van der Waals surface area contributed by atoms with Crippen molar-refractivity contribution in [1.29, 1.82) is 0 Å². The standard InChI is InChI=1S/C10H14O2/c1-2-3-4-5-6-7-8-9-10(11)12/h2-4,8-9H,1,5-7H2,(H,11,12). The molecule has 0 rings (SSSR count). The predicted molar refractivity (Wildman–Crippen MR) is 50.0 cm³/mol. The third kappa shape index (κ3) is 8.69. The van der Waals surface area contributed by atoms with Crippen LogP contribution in [0.25, 0.3) is 0 Å². The molecule has 0 aromatic heterocycles. The highest BCUT2D eigenvalue weighted by molar-refractivity contribution is 5.79. The second kappa shape index (κ2) is 7.79. The summed E-state index contributed by atoms with van der Waals surface area (Å²) in [5.41, 5.74) is 0. The van der Waals surface area contributed by atoms with Gasteiger partial charge >= 0.3 is 5.97 Å². The molecule has 0 aliphatic heterocycles. The minimum Gasteiger partial charge on any atom is -0.478 e. The summed E-state index contributed by atoms with van der Waals surface area (Å²) < 4.78 is 0. The summed E-state index contributed by atoms with van der Waals surface area (Å²) in [5, 5.41) is 8.24. The van der Waals surface area contributed by atoms with Gasteiger partial charge in [0.25, 0.3) is 0 Å². The Bertz CT molecular complexity index is 190. The topological polar surface area (TPSA) is 37.3 Å². The Balaban J connectivity index is 3.26. The first kappa shape index (κ1) is 10.7. The normalized spacial score (nSPS) is 11.0. The predicted octanol–water partition coefficient (Wildman–Crippen LogP) is 2.54. The highest BCUT2D eigenvalue weighted by Gasteiger charge is 1.84. The average Bonchev–Trinajstić information content (AvgIpc) is 2.02. The molecule has 12 heavy (non-hydrogen) atoms. The molecule has 0 aromatic rings. The van der Waals surface area contributed by atoms with Crippen molar-refractivity contribution < 1.29 is 9.90 Å². The highest BCUT2D eigenvalue weighted by Crippen LogP contribution is 1.97. The van der Waals surface area contributed by atoms with E-state index in [9.17, 15) is 4.79 Å². The van der Waals surface area contributed by atoms with Gasteiger partial charge in [-0.3, -0.25) is 0 Å². The highest BCUT2D eigenvalue weighted by atomic mass is 16.4. The smallest absolute Gasteiger partial charge is 0.327 e. The Labute approximate surface area is 72.9 Å². The van der Waals surface area contributed by atoms with Gasteiger partial charge in [-0.25, -0.2) is 4.79 Å². The summed E-state index contributed by atoms with van der Waals surface area (Å²) in [6.45, 7) is 3.54. The van der Waals surface area contributed by atoms with E-state index < -0.39 is 5.97 Å². The Kier molecular flexibility index (Phi) is 6.94. The fourth-order valence-corrected chi connectivity index (χ4v) is 0.730. The molecule has 2 heteroatoms. The van der Waals surface area contributed by atoms with E-state index in [1.807, 2.05) is 12.2 Å². The molecule has 0 saturated heterocycles. The SMILES string of the molecule is C=CC=CCCCC=CC(=O)O. The first-order valence-electron chi connectivity index (χ1n) is 3.94. The molecule has 2 nitrogen and oxygen atoms in total. The lowest BCUT2D eigenvalue weighted by Crippen LogP contribution is -1.85. The van der Waals surface area contributed by atoms with Crippen molar-refractivity contribution in [2.45, 2.75) is 19.3 Å². The van der Waals surface area contributed by atoms with Crippen molar-refractivity contribution in [3.05, 3.63) is 37.0 Å². The summed E-state index contributed by atoms with van der Waals surface area (Å²) in [6.07, 6.45) is 11.2. The molecule has 0 atom stereocenters. The number of rotatable bonds is 6. The van der Waals surface area contributed by atoms with Crippen LogP contribution in [0.1, 0.15) is 19.3 Å². The van der Waals surface area contributed by atoms with Crippen molar-refractivity contribution in [1.82, 2.24) is 0 Å². The van der Waals surface area contributed by atoms with Crippen LogP contribution in [0, 0.1) is 0 Å². The molecule has 0 aromatic carbocycles. The molecule has 0 saturated carbocycles. The lowest BCUT2D eigenvalue weighted by molar-refractivity contribution is -0.131. The molecule has 0 fully saturated rings. The first-order valence-corrected chi connectivity index (χ1v) is 3.94. The van der Waals surface area contributed by atoms with Crippen LogP contribution in [0.15, 0.2) is 37.0 Å². The zero-order valence-electron chi connectivity index (χ0n) is 7.07. The summed E-state index contributed by atoms with van der Waals surface area (Å²) >= 11 is 0. The zero-order chi connectivity index (χ0) is 9.23. The van der Waals surface area contributed by atoms with E-state index in [1.54, 1.807) is 12.2 Å². The zero-order valence-corrected chi connectivity index (χ0v) is 7.07. The number of unbranched alkanes of at least 4 members (excludes halogenated alkanes) is 2. The molecule has 0 spiro atoms. The third-order valence-electron chi connectivity index (χ3n) is 1.27. The molecule has 0 aliphatic carbocycles.